The minimum atomic E-state index is -0.478. The predicted molar refractivity (Wildman–Crippen MR) is 134 cm³/mol. The molecule has 0 spiro atoms. The molecule has 2 amide bonds. The molecule has 9 nitrogen and oxygen atoms in total. The Balaban J connectivity index is 1.28. The number of ether oxygens (including phenoxy) is 4. The van der Waals surface area contributed by atoms with Gasteiger partial charge in [-0.05, 0) is 66.6 Å². The standard InChI is InChI=1S/C26H24ClN3O6/c1-2-33-23-11-18(5-9-21(23)34-15-17-3-7-20(27)8-4-17)13-29-30-25(31)14-28-26(32)19-6-10-22-24(12-19)36-16-35-22/h3-13H,2,14-16H2,1H3,(H,28,32)(H,30,31). The van der Waals surface area contributed by atoms with Gasteiger partial charge >= 0.3 is 0 Å². The molecule has 3 aromatic carbocycles. The van der Waals surface area contributed by atoms with Crippen molar-refractivity contribution in [3.63, 3.8) is 0 Å². The normalized spacial score (nSPS) is 11.8. The Kier molecular flexibility index (Phi) is 8.25. The third-order valence-corrected chi connectivity index (χ3v) is 5.27. The van der Waals surface area contributed by atoms with Crippen LogP contribution in [0.3, 0.4) is 0 Å². The number of carbonyl (C=O) groups excluding carboxylic acids is 2. The second-order valence-corrected chi connectivity index (χ2v) is 8.03. The summed E-state index contributed by atoms with van der Waals surface area (Å²) in [5.41, 5.74) is 4.41. The molecule has 0 fully saturated rings. The van der Waals surface area contributed by atoms with Gasteiger partial charge in [-0.2, -0.15) is 5.10 Å². The maximum Gasteiger partial charge on any atom is 0.259 e. The van der Waals surface area contributed by atoms with Gasteiger partial charge in [0.25, 0.3) is 11.8 Å². The highest BCUT2D eigenvalue weighted by atomic mass is 35.5. The highest BCUT2D eigenvalue weighted by Gasteiger charge is 2.16. The minimum absolute atomic E-state index is 0.117. The Bertz CT molecular complexity index is 1260. The first kappa shape index (κ1) is 24.9. The van der Waals surface area contributed by atoms with Gasteiger partial charge in [0.15, 0.2) is 23.0 Å². The van der Waals surface area contributed by atoms with E-state index in [0.29, 0.717) is 52.4 Å². The molecule has 0 saturated carbocycles. The van der Waals surface area contributed by atoms with Gasteiger partial charge in [-0.15, -0.1) is 0 Å². The summed E-state index contributed by atoms with van der Waals surface area (Å²) in [7, 11) is 0. The van der Waals surface area contributed by atoms with Crippen molar-refractivity contribution in [2.24, 2.45) is 5.10 Å². The molecule has 1 heterocycles. The van der Waals surface area contributed by atoms with E-state index in [1.807, 2.05) is 19.1 Å². The van der Waals surface area contributed by atoms with Crippen molar-refractivity contribution >= 4 is 29.6 Å². The predicted octanol–water partition coefficient (Wildman–Crippen LogP) is 3.93. The summed E-state index contributed by atoms with van der Waals surface area (Å²) in [6, 6.07) is 17.5. The van der Waals surface area contributed by atoms with Crippen LogP contribution in [0.2, 0.25) is 5.02 Å². The number of halogens is 1. The molecule has 0 atom stereocenters. The first-order valence-electron chi connectivity index (χ1n) is 11.2. The first-order valence-corrected chi connectivity index (χ1v) is 11.5. The fourth-order valence-corrected chi connectivity index (χ4v) is 3.38. The lowest BCUT2D eigenvalue weighted by molar-refractivity contribution is -0.120. The number of amides is 2. The van der Waals surface area contributed by atoms with Crippen molar-refractivity contribution in [1.82, 2.24) is 10.7 Å². The Morgan fingerprint density at radius 3 is 2.61 bits per heavy atom. The average Bonchev–Trinajstić information content (AvgIpc) is 3.36. The largest absolute Gasteiger partial charge is 0.490 e. The monoisotopic (exact) mass is 509 g/mol. The van der Waals surface area contributed by atoms with Crippen LogP contribution in [0.1, 0.15) is 28.4 Å². The van der Waals surface area contributed by atoms with E-state index in [9.17, 15) is 9.59 Å². The number of fused-ring (bicyclic) bond motifs is 1. The molecular formula is C26H24ClN3O6. The van der Waals surface area contributed by atoms with Gasteiger partial charge in [0, 0.05) is 10.6 Å². The number of carbonyl (C=O) groups is 2. The molecule has 0 aromatic heterocycles. The van der Waals surface area contributed by atoms with Crippen molar-refractivity contribution < 1.29 is 28.5 Å². The Hall–Kier alpha value is -4.24. The molecule has 186 valence electrons. The number of hydrazone groups is 1. The van der Waals surface area contributed by atoms with E-state index in [-0.39, 0.29) is 13.3 Å². The Morgan fingerprint density at radius 2 is 1.81 bits per heavy atom. The summed E-state index contributed by atoms with van der Waals surface area (Å²) in [6.07, 6.45) is 1.48. The van der Waals surface area contributed by atoms with Crippen LogP contribution in [0.25, 0.3) is 0 Å². The van der Waals surface area contributed by atoms with Crippen molar-refractivity contribution in [3.8, 4) is 23.0 Å². The van der Waals surface area contributed by atoms with Crippen LogP contribution >= 0.6 is 11.6 Å². The number of hydrogen-bond acceptors (Lipinski definition) is 7. The van der Waals surface area contributed by atoms with Gasteiger partial charge in [0.1, 0.15) is 6.61 Å². The van der Waals surface area contributed by atoms with Crippen molar-refractivity contribution in [1.29, 1.82) is 0 Å². The number of nitrogens with zero attached hydrogens (tertiary/aromatic N) is 1. The number of nitrogens with one attached hydrogen (secondary N) is 2. The van der Waals surface area contributed by atoms with Crippen LogP contribution in [-0.2, 0) is 11.4 Å². The molecule has 0 radical (unpaired) electrons. The molecule has 4 rings (SSSR count). The lowest BCUT2D eigenvalue weighted by Crippen LogP contribution is -2.34. The van der Waals surface area contributed by atoms with Crippen LogP contribution in [-0.4, -0.2) is 38.0 Å². The second-order valence-electron chi connectivity index (χ2n) is 7.60. The molecule has 1 aliphatic heterocycles. The zero-order chi connectivity index (χ0) is 25.3. The highest BCUT2D eigenvalue weighted by molar-refractivity contribution is 6.30. The zero-order valence-corrected chi connectivity index (χ0v) is 20.2. The number of benzene rings is 3. The third kappa shape index (κ3) is 6.67. The van der Waals surface area contributed by atoms with Crippen LogP contribution in [0, 0.1) is 0 Å². The van der Waals surface area contributed by atoms with Crippen molar-refractivity contribution in [2.45, 2.75) is 13.5 Å². The lowest BCUT2D eigenvalue weighted by Gasteiger charge is -2.12. The van der Waals surface area contributed by atoms with Crippen LogP contribution in [0.4, 0.5) is 0 Å². The summed E-state index contributed by atoms with van der Waals surface area (Å²) >= 11 is 5.92. The van der Waals surface area contributed by atoms with Gasteiger partial charge in [0.2, 0.25) is 6.79 Å². The van der Waals surface area contributed by atoms with E-state index in [1.165, 1.54) is 6.21 Å². The molecule has 10 heteroatoms. The molecular weight excluding hydrogens is 486 g/mol. The molecule has 36 heavy (non-hydrogen) atoms. The molecule has 0 aliphatic carbocycles. The summed E-state index contributed by atoms with van der Waals surface area (Å²) < 4.78 is 22.1. The molecule has 2 N–H and O–H groups in total. The van der Waals surface area contributed by atoms with E-state index in [0.717, 1.165) is 5.56 Å². The van der Waals surface area contributed by atoms with E-state index in [1.54, 1.807) is 48.5 Å². The van der Waals surface area contributed by atoms with Crippen LogP contribution in [0.15, 0.2) is 65.8 Å². The maximum atomic E-state index is 12.3. The van der Waals surface area contributed by atoms with E-state index in [2.05, 4.69) is 15.8 Å². The maximum absolute atomic E-state index is 12.3. The van der Waals surface area contributed by atoms with Crippen molar-refractivity contribution in [3.05, 3.63) is 82.4 Å². The average molecular weight is 510 g/mol. The fraction of sp³-hybridized carbons (Fsp3) is 0.192. The SMILES string of the molecule is CCOc1cc(C=NNC(=O)CNC(=O)c2ccc3c(c2)OCO3)ccc1OCc1ccc(Cl)cc1. The molecule has 3 aromatic rings. The Morgan fingerprint density at radius 1 is 1.00 bits per heavy atom. The molecule has 0 unspecified atom stereocenters. The van der Waals surface area contributed by atoms with Gasteiger partial charge in [-0.25, -0.2) is 5.43 Å². The van der Waals surface area contributed by atoms with E-state index < -0.39 is 11.8 Å². The van der Waals surface area contributed by atoms with Gasteiger partial charge < -0.3 is 24.3 Å². The zero-order valence-electron chi connectivity index (χ0n) is 19.5. The molecule has 1 aliphatic rings. The minimum Gasteiger partial charge on any atom is -0.490 e. The number of rotatable bonds is 10. The van der Waals surface area contributed by atoms with Gasteiger partial charge in [-0.1, -0.05) is 23.7 Å². The topological polar surface area (TPSA) is 107 Å². The Labute approximate surface area is 213 Å². The highest BCUT2D eigenvalue weighted by Crippen LogP contribution is 2.32. The summed E-state index contributed by atoms with van der Waals surface area (Å²) in [6.45, 7) is 2.57. The van der Waals surface area contributed by atoms with Gasteiger partial charge in [0.05, 0.1) is 19.4 Å². The van der Waals surface area contributed by atoms with Gasteiger partial charge in [-0.3, -0.25) is 9.59 Å². The first-order chi connectivity index (χ1) is 17.5. The molecule has 0 bridgehead atoms. The van der Waals surface area contributed by atoms with Crippen LogP contribution in [0.5, 0.6) is 23.0 Å². The lowest BCUT2D eigenvalue weighted by atomic mass is 10.2. The second kappa shape index (κ2) is 11.9. The fourth-order valence-electron chi connectivity index (χ4n) is 3.25. The smallest absolute Gasteiger partial charge is 0.259 e. The summed E-state index contributed by atoms with van der Waals surface area (Å²) in [5, 5.41) is 7.15. The number of hydrogen-bond donors (Lipinski definition) is 2. The molecule has 0 saturated heterocycles. The third-order valence-electron chi connectivity index (χ3n) is 5.02. The van der Waals surface area contributed by atoms with Crippen LogP contribution < -0.4 is 29.7 Å². The van der Waals surface area contributed by atoms with E-state index >= 15 is 0 Å². The summed E-state index contributed by atoms with van der Waals surface area (Å²) in [4.78, 5) is 24.4. The van der Waals surface area contributed by atoms with Crippen molar-refractivity contribution in [2.75, 3.05) is 19.9 Å². The quantitative estimate of drug-likeness (QED) is 0.317. The van der Waals surface area contributed by atoms with E-state index in [4.69, 9.17) is 30.5 Å². The summed E-state index contributed by atoms with van der Waals surface area (Å²) in [5.74, 6) is 1.31.